The zero-order valence-corrected chi connectivity index (χ0v) is 11.4. The number of nitrogens with zero attached hydrogens (tertiary/aromatic N) is 1. The van der Waals surface area contributed by atoms with Crippen molar-refractivity contribution in [3.05, 3.63) is 18.2 Å². The normalized spacial score (nSPS) is 24.8. The van der Waals surface area contributed by atoms with Gasteiger partial charge in [0.15, 0.2) is 0 Å². The van der Waals surface area contributed by atoms with Gasteiger partial charge in [0.1, 0.15) is 5.75 Å². The quantitative estimate of drug-likeness (QED) is 0.809. The van der Waals surface area contributed by atoms with Crippen LogP contribution in [-0.4, -0.2) is 24.2 Å². The predicted molar refractivity (Wildman–Crippen MR) is 75.6 cm³/mol. The molecule has 2 rings (SSSR count). The Hall–Kier alpha value is -1.42. The lowest BCUT2D eigenvalue weighted by Crippen LogP contribution is -2.47. The van der Waals surface area contributed by atoms with Crippen LogP contribution in [0.3, 0.4) is 0 Å². The molecular formula is C14H23N3O. The van der Waals surface area contributed by atoms with Crippen LogP contribution < -0.4 is 15.9 Å². The Morgan fingerprint density at radius 3 is 2.50 bits per heavy atom. The van der Waals surface area contributed by atoms with E-state index in [-0.39, 0.29) is 0 Å². The van der Waals surface area contributed by atoms with E-state index in [1.807, 2.05) is 18.2 Å². The van der Waals surface area contributed by atoms with Crippen molar-refractivity contribution in [3.63, 3.8) is 0 Å². The second-order valence-corrected chi connectivity index (χ2v) is 5.14. The molecule has 1 aliphatic rings. The van der Waals surface area contributed by atoms with Crippen LogP contribution in [0.15, 0.2) is 18.2 Å². The summed E-state index contributed by atoms with van der Waals surface area (Å²) < 4.78 is 5.24. The third kappa shape index (κ3) is 2.88. The minimum absolute atomic E-state index is 0.543. The average Bonchev–Trinajstić information content (AvgIpc) is 2.33. The zero-order chi connectivity index (χ0) is 13.1. The van der Waals surface area contributed by atoms with Crippen LogP contribution >= 0.6 is 0 Å². The van der Waals surface area contributed by atoms with Crippen molar-refractivity contribution in [2.45, 2.75) is 45.2 Å². The first-order valence-corrected chi connectivity index (χ1v) is 6.59. The fourth-order valence-electron chi connectivity index (χ4n) is 2.60. The smallest absolute Gasteiger partial charge is 0.123 e. The largest absolute Gasteiger partial charge is 0.497 e. The van der Waals surface area contributed by atoms with Gasteiger partial charge in [-0.05, 0) is 32.8 Å². The number of hydrogen-bond donors (Lipinski definition) is 2. The van der Waals surface area contributed by atoms with Crippen LogP contribution in [0.1, 0.15) is 33.1 Å². The van der Waals surface area contributed by atoms with E-state index in [0.29, 0.717) is 17.8 Å². The summed E-state index contributed by atoms with van der Waals surface area (Å²) in [4.78, 5) is 0. The molecule has 18 heavy (non-hydrogen) atoms. The molecule has 1 aromatic rings. The van der Waals surface area contributed by atoms with Gasteiger partial charge in [0.05, 0.1) is 12.8 Å². The van der Waals surface area contributed by atoms with E-state index >= 15 is 0 Å². The van der Waals surface area contributed by atoms with Gasteiger partial charge in [0.25, 0.3) is 0 Å². The first kappa shape index (κ1) is 13.0. The van der Waals surface area contributed by atoms with Crippen LogP contribution in [0.2, 0.25) is 0 Å². The minimum atomic E-state index is 0.543. The maximum absolute atomic E-state index is 5.87. The van der Waals surface area contributed by atoms with Gasteiger partial charge in [-0.3, -0.25) is 0 Å². The number of hydrazine groups is 1. The number of piperidine rings is 1. The lowest BCUT2D eigenvalue weighted by atomic mass is 10.00. The van der Waals surface area contributed by atoms with E-state index in [1.54, 1.807) is 7.11 Å². The Balaban J connectivity index is 2.14. The third-order valence-electron chi connectivity index (χ3n) is 3.62. The molecule has 100 valence electrons. The molecule has 4 nitrogen and oxygen atoms in total. The standard InChI is InChI=1S/C14H23N3O/c1-10-5-4-6-11(2)17(10)16-13-7-12(15)8-14(9-13)18-3/h7-11,16H,4-6,15H2,1-3H3. The summed E-state index contributed by atoms with van der Waals surface area (Å²) in [6, 6.07) is 6.83. The number of hydrogen-bond acceptors (Lipinski definition) is 4. The Morgan fingerprint density at radius 1 is 1.22 bits per heavy atom. The number of nitrogens with two attached hydrogens (primary N) is 1. The maximum Gasteiger partial charge on any atom is 0.123 e. The lowest BCUT2D eigenvalue weighted by Gasteiger charge is -2.39. The topological polar surface area (TPSA) is 50.5 Å². The van der Waals surface area contributed by atoms with Gasteiger partial charge >= 0.3 is 0 Å². The molecule has 2 unspecified atom stereocenters. The number of rotatable bonds is 3. The summed E-state index contributed by atoms with van der Waals surface area (Å²) in [7, 11) is 1.66. The average molecular weight is 249 g/mol. The van der Waals surface area contributed by atoms with Crippen molar-refractivity contribution < 1.29 is 4.74 Å². The molecule has 1 saturated heterocycles. The summed E-state index contributed by atoms with van der Waals surface area (Å²) in [5, 5.41) is 2.32. The molecule has 2 atom stereocenters. The number of methoxy groups -OCH3 is 1. The van der Waals surface area contributed by atoms with Gasteiger partial charge in [0, 0.05) is 29.9 Å². The van der Waals surface area contributed by atoms with Gasteiger partial charge < -0.3 is 15.9 Å². The maximum atomic E-state index is 5.87. The highest BCUT2D eigenvalue weighted by atomic mass is 16.5. The van der Waals surface area contributed by atoms with Crippen molar-refractivity contribution in [1.29, 1.82) is 0 Å². The molecule has 0 saturated carbocycles. The molecule has 0 bridgehead atoms. The number of nitrogens with one attached hydrogen (secondary N) is 1. The molecule has 0 radical (unpaired) electrons. The Bertz CT molecular complexity index is 398. The highest BCUT2D eigenvalue weighted by molar-refractivity contribution is 5.58. The van der Waals surface area contributed by atoms with E-state index in [1.165, 1.54) is 19.3 Å². The highest BCUT2D eigenvalue weighted by Crippen LogP contribution is 2.27. The van der Waals surface area contributed by atoms with Gasteiger partial charge in [0.2, 0.25) is 0 Å². The molecule has 1 fully saturated rings. The summed E-state index contributed by atoms with van der Waals surface area (Å²) in [6.45, 7) is 4.51. The second kappa shape index (κ2) is 5.48. The summed E-state index contributed by atoms with van der Waals surface area (Å²) in [5.41, 5.74) is 11.0. The predicted octanol–water partition coefficient (Wildman–Crippen LogP) is 2.87. The SMILES string of the molecule is COc1cc(N)cc(NN2C(C)CCCC2C)c1. The van der Waals surface area contributed by atoms with Crippen molar-refractivity contribution in [2.75, 3.05) is 18.3 Å². The number of ether oxygens (including phenoxy) is 1. The monoisotopic (exact) mass is 249 g/mol. The fraction of sp³-hybridized carbons (Fsp3) is 0.571. The van der Waals surface area contributed by atoms with Crippen molar-refractivity contribution in [2.24, 2.45) is 0 Å². The molecule has 1 aromatic carbocycles. The number of benzene rings is 1. The molecule has 0 amide bonds. The Labute approximate surface area is 109 Å². The van der Waals surface area contributed by atoms with Gasteiger partial charge in [-0.2, -0.15) is 0 Å². The lowest BCUT2D eigenvalue weighted by molar-refractivity contribution is 0.135. The fourth-order valence-corrected chi connectivity index (χ4v) is 2.60. The van der Waals surface area contributed by atoms with Gasteiger partial charge in [-0.25, -0.2) is 5.01 Å². The Morgan fingerprint density at radius 2 is 1.89 bits per heavy atom. The molecule has 0 spiro atoms. The molecule has 1 aliphatic heterocycles. The van der Waals surface area contributed by atoms with E-state index in [2.05, 4.69) is 24.3 Å². The van der Waals surface area contributed by atoms with E-state index in [9.17, 15) is 0 Å². The van der Waals surface area contributed by atoms with E-state index < -0.39 is 0 Å². The van der Waals surface area contributed by atoms with Crippen molar-refractivity contribution in [1.82, 2.24) is 5.01 Å². The zero-order valence-electron chi connectivity index (χ0n) is 11.4. The van der Waals surface area contributed by atoms with Crippen LogP contribution in [-0.2, 0) is 0 Å². The van der Waals surface area contributed by atoms with E-state index in [4.69, 9.17) is 10.5 Å². The van der Waals surface area contributed by atoms with Crippen LogP contribution in [0.4, 0.5) is 11.4 Å². The first-order valence-electron chi connectivity index (χ1n) is 6.59. The molecular weight excluding hydrogens is 226 g/mol. The van der Waals surface area contributed by atoms with Gasteiger partial charge in [-0.15, -0.1) is 0 Å². The van der Waals surface area contributed by atoms with Gasteiger partial charge in [-0.1, -0.05) is 6.42 Å². The summed E-state index contributed by atoms with van der Waals surface area (Å²) in [6.07, 6.45) is 3.77. The summed E-state index contributed by atoms with van der Waals surface area (Å²) in [5.74, 6) is 0.787. The summed E-state index contributed by atoms with van der Waals surface area (Å²) >= 11 is 0. The van der Waals surface area contributed by atoms with Crippen LogP contribution in [0.5, 0.6) is 5.75 Å². The molecule has 0 aliphatic carbocycles. The second-order valence-electron chi connectivity index (χ2n) is 5.14. The van der Waals surface area contributed by atoms with Crippen molar-refractivity contribution in [3.8, 4) is 5.75 Å². The van der Waals surface area contributed by atoms with Crippen LogP contribution in [0, 0.1) is 0 Å². The molecule has 3 N–H and O–H groups in total. The highest BCUT2D eigenvalue weighted by Gasteiger charge is 2.24. The van der Waals surface area contributed by atoms with Crippen molar-refractivity contribution >= 4 is 11.4 Å². The minimum Gasteiger partial charge on any atom is -0.497 e. The van der Waals surface area contributed by atoms with E-state index in [0.717, 1.165) is 11.4 Å². The molecule has 4 heteroatoms. The molecule has 1 heterocycles. The number of anilines is 2. The van der Waals surface area contributed by atoms with Crippen LogP contribution in [0.25, 0.3) is 0 Å². The number of nitrogen functional groups attached to an aromatic ring is 1. The Kier molecular flexibility index (Phi) is 3.97. The third-order valence-corrected chi connectivity index (χ3v) is 3.62. The first-order chi connectivity index (χ1) is 8.60. The molecule has 0 aromatic heterocycles.